The van der Waals surface area contributed by atoms with Crippen molar-refractivity contribution in [1.82, 2.24) is 9.99 Å². The van der Waals surface area contributed by atoms with Crippen molar-refractivity contribution < 1.29 is 9.53 Å². The van der Waals surface area contributed by atoms with E-state index in [-0.39, 0.29) is 12.5 Å². The molecule has 0 radical (unpaired) electrons. The van der Waals surface area contributed by atoms with Crippen LogP contribution in [-0.2, 0) is 4.79 Å². The van der Waals surface area contributed by atoms with Gasteiger partial charge in [-0.05, 0) is 51.5 Å². The molecule has 0 saturated carbocycles. The molecule has 1 aliphatic rings. The number of aromatic nitrogens is 1. The lowest BCUT2D eigenvalue weighted by Crippen LogP contribution is -2.24. The van der Waals surface area contributed by atoms with Gasteiger partial charge in [-0.2, -0.15) is 5.10 Å². The Bertz CT molecular complexity index is 838. The summed E-state index contributed by atoms with van der Waals surface area (Å²) < 4.78 is 8.33. The highest BCUT2D eigenvalue weighted by Gasteiger charge is 2.18. The van der Waals surface area contributed by atoms with Crippen LogP contribution in [0.5, 0.6) is 5.75 Å². The van der Waals surface area contributed by atoms with Crippen molar-refractivity contribution in [3.63, 3.8) is 0 Å². The third-order valence-electron chi connectivity index (χ3n) is 4.58. The number of thioether (sulfide) groups is 2. The predicted octanol–water partition coefficient (Wildman–Crippen LogP) is 4.69. The summed E-state index contributed by atoms with van der Waals surface area (Å²) in [4.78, 5) is 12.0. The number of hydrazone groups is 1. The van der Waals surface area contributed by atoms with E-state index in [0.717, 1.165) is 11.3 Å². The zero-order chi connectivity index (χ0) is 20.1. The highest BCUT2D eigenvalue weighted by atomic mass is 32.2. The predicted molar refractivity (Wildman–Crippen MR) is 120 cm³/mol. The molecule has 28 heavy (non-hydrogen) atoms. The largest absolute Gasteiger partial charge is 0.484 e. The van der Waals surface area contributed by atoms with E-state index in [4.69, 9.17) is 4.74 Å². The van der Waals surface area contributed by atoms with Crippen LogP contribution in [0.3, 0.4) is 0 Å². The van der Waals surface area contributed by atoms with E-state index in [1.165, 1.54) is 22.8 Å². The van der Waals surface area contributed by atoms with E-state index in [1.54, 1.807) is 6.21 Å². The van der Waals surface area contributed by atoms with Gasteiger partial charge in [0.25, 0.3) is 5.91 Å². The van der Waals surface area contributed by atoms with E-state index < -0.39 is 0 Å². The second kappa shape index (κ2) is 9.56. The standard InChI is InChI=1S/C21H27N3O2S2/c1-14(2)24-15(3)11-18(16(24)4)12-22-23-20(25)13-26-19-7-5-17(6-8-19)21-27-9-10-28-21/h5-8,11-12,14,21H,9-10,13H2,1-4H3,(H,23,25)/b22-12-. The number of benzene rings is 1. The molecule has 1 amide bonds. The maximum atomic E-state index is 12.0. The Hall–Kier alpha value is -1.86. The molecule has 2 aromatic rings. The number of amides is 1. The molecule has 5 nitrogen and oxygen atoms in total. The average Bonchev–Trinajstić information content (AvgIpc) is 3.29. The van der Waals surface area contributed by atoms with E-state index in [1.807, 2.05) is 35.7 Å². The molecular formula is C21H27N3O2S2. The molecule has 0 spiro atoms. The van der Waals surface area contributed by atoms with Crippen LogP contribution in [0.15, 0.2) is 35.4 Å². The second-order valence-corrected chi connectivity index (χ2v) is 9.74. The number of nitrogens with zero attached hydrogens (tertiary/aromatic N) is 2. The van der Waals surface area contributed by atoms with Gasteiger partial charge in [0.1, 0.15) is 5.75 Å². The molecule has 1 aromatic heterocycles. The summed E-state index contributed by atoms with van der Waals surface area (Å²) in [5.74, 6) is 2.82. The highest BCUT2D eigenvalue weighted by Crippen LogP contribution is 2.45. The number of aryl methyl sites for hydroxylation is 1. The summed E-state index contributed by atoms with van der Waals surface area (Å²) in [6, 6.07) is 10.5. The molecule has 1 fully saturated rings. The van der Waals surface area contributed by atoms with Crippen LogP contribution in [-0.4, -0.2) is 34.8 Å². The summed E-state index contributed by atoms with van der Waals surface area (Å²) >= 11 is 3.94. The molecule has 2 heterocycles. The van der Waals surface area contributed by atoms with Crippen LogP contribution >= 0.6 is 23.5 Å². The maximum Gasteiger partial charge on any atom is 0.277 e. The van der Waals surface area contributed by atoms with Crippen molar-refractivity contribution in [2.75, 3.05) is 18.1 Å². The first-order valence-electron chi connectivity index (χ1n) is 9.42. The number of carbonyl (C=O) groups is 1. The topological polar surface area (TPSA) is 55.6 Å². The molecule has 1 aromatic carbocycles. The molecule has 1 saturated heterocycles. The molecule has 0 unspecified atom stereocenters. The van der Waals surface area contributed by atoms with Crippen LogP contribution in [0.4, 0.5) is 0 Å². The van der Waals surface area contributed by atoms with E-state index >= 15 is 0 Å². The SMILES string of the molecule is Cc1cc(/C=N\NC(=O)COc2ccc(C3SCCS3)cc2)c(C)n1C(C)C. The lowest BCUT2D eigenvalue weighted by atomic mass is 10.2. The van der Waals surface area contributed by atoms with Crippen LogP contribution < -0.4 is 10.2 Å². The number of hydrogen-bond donors (Lipinski definition) is 1. The van der Waals surface area contributed by atoms with Gasteiger partial charge in [0.15, 0.2) is 6.61 Å². The Kier molecular flexibility index (Phi) is 7.13. The van der Waals surface area contributed by atoms with Gasteiger partial charge < -0.3 is 9.30 Å². The molecule has 150 valence electrons. The van der Waals surface area contributed by atoms with Gasteiger partial charge >= 0.3 is 0 Å². The van der Waals surface area contributed by atoms with Crippen LogP contribution in [0.25, 0.3) is 0 Å². The minimum Gasteiger partial charge on any atom is -0.484 e. The number of rotatable bonds is 7. The van der Waals surface area contributed by atoms with E-state index in [0.29, 0.717) is 16.4 Å². The van der Waals surface area contributed by atoms with Gasteiger partial charge in [-0.25, -0.2) is 5.43 Å². The molecule has 3 rings (SSSR count). The Balaban J connectivity index is 1.48. The van der Waals surface area contributed by atoms with Gasteiger partial charge in [0, 0.05) is 34.5 Å². The minimum atomic E-state index is -0.278. The molecule has 0 bridgehead atoms. The van der Waals surface area contributed by atoms with Crippen molar-refractivity contribution >= 4 is 35.6 Å². The monoisotopic (exact) mass is 417 g/mol. The number of hydrogen-bond acceptors (Lipinski definition) is 5. The normalized spacial score (nSPS) is 14.9. The van der Waals surface area contributed by atoms with E-state index in [9.17, 15) is 4.79 Å². The minimum absolute atomic E-state index is 0.0609. The fourth-order valence-electron chi connectivity index (χ4n) is 3.35. The fourth-order valence-corrected chi connectivity index (χ4v) is 6.21. The van der Waals surface area contributed by atoms with Gasteiger partial charge in [0.2, 0.25) is 0 Å². The molecule has 1 N–H and O–H groups in total. The van der Waals surface area contributed by atoms with Crippen LogP contribution in [0.1, 0.15) is 47.0 Å². The third-order valence-corrected chi connectivity index (χ3v) is 7.68. The van der Waals surface area contributed by atoms with Crippen molar-refractivity contribution in [1.29, 1.82) is 0 Å². The Morgan fingerprint density at radius 1 is 1.29 bits per heavy atom. The Labute approximate surface area is 175 Å². The molecule has 7 heteroatoms. The first-order valence-corrected chi connectivity index (χ1v) is 11.5. The summed E-state index contributed by atoms with van der Waals surface area (Å²) in [6.45, 7) is 8.38. The summed E-state index contributed by atoms with van der Waals surface area (Å²) in [7, 11) is 0. The number of carbonyl (C=O) groups excluding carboxylic acids is 1. The van der Waals surface area contributed by atoms with Crippen molar-refractivity contribution in [3.05, 3.63) is 52.8 Å². The van der Waals surface area contributed by atoms with E-state index in [2.05, 4.69) is 61.0 Å². The Morgan fingerprint density at radius 2 is 1.96 bits per heavy atom. The van der Waals surface area contributed by atoms with Gasteiger partial charge in [0.05, 0.1) is 10.8 Å². The van der Waals surface area contributed by atoms with Crippen LogP contribution in [0.2, 0.25) is 0 Å². The smallest absolute Gasteiger partial charge is 0.277 e. The molecule has 1 aliphatic heterocycles. The molecule has 0 aliphatic carbocycles. The van der Waals surface area contributed by atoms with Crippen molar-refractivity contribution in [2.45, 2.75) is 38.3 Å². The summed E-state index contributed by atoms with van der Waals surface area (Å²) in [6.07, 6.45) is 1.69. The average molecular weight is 418 g/mol. The maximum absolute atomic E-state index is 12.0. The zero-order valence-electron chi connectivity index (χ0n) is 16.8. The summed E-state index contributed by atoms with van der Waals surface area (Å²) in [5.41, 5.74) is 7.16. The second-order valence-electron chi connectivity index (χ2n) is 7.01. The zero-order valence-corrected chi connectivity index (χ0v) is 18.4. The van der Waals surface area contributed by atoms with Crippen molar-refractivity contribution in [2.24, 2.45) is 5.10 Å². The lowest BCUT2D eigenvalue weighted by molar-refractivity contribution is -0.123. The first kappa shape index (κ1) is 20.9. The number of ether oxygens (including phenoxy) is 1. The van der Waals surface area contributed by atoms with Gasteiger partial charge in [-0.15, -0.1) is 23.5 Å². The van der Waals surface area contributed by atoms with Crippen LogP contribution in [0, 0.1) is 13.8 Å². The first-order chi connectivity index (χ1) is 13.5. The molecule has 0 atom stereocenters. The fraction of sp³-hybridized carbons (Fsp3) is 0.429. The number of nitrogens with one attached hydrogen (secondary N) is 1. The quantitative estimate of drug-likeness (QED) is 0.524. The lowest BCUT2D eigenvalue weighted by Gasteiger charge is -2.13. The Morgan fingerprint density at radius 3 is 2.57 bits per heavy atom. The van der Waals surface area contributed by atoms with Gasteiger partial charge in [-0.1, -0.05) is 12.1 Å². The van der Waals surface area contributed by atoms with Crippen molar-refractivity contribution in [3.8, 4) is 5.75 Å². The highest BCUT2D eigenvalue weighted by molar-refractivity contribution is 8.19. The van der Waals surface area contributed by atoms with Gasteiger partial charge in [-0.3, -0.25) is 4.79 Å². The third kappa shape index (κ3) is 5.14. The molecular weight excluding hydrogens is 390 g/mol. The summed E-state index contributed by atoms with van der Waals surface area (Å²) in [5, 5.41) is 4.07.